The highest BCUT2D eigenvalue weighted by Gasteiger charge is 2.15. The van der Waals surface area contributed by atoms with Crippen LogP contribution >= 0.6 is 0 Å². The lowest BCUT2D eigenvalue weighted by atomic mass is 10.2. The molecule has 0 bridgehead atoms. The maximum absolute atomic E-state index is 11.9. The molecule has 0 aromatic heterocycles. The first kappa shape index (κ1) is 18.1. The Hall–Kier alpha value is -2.24. The zero-order valence-corrected chi connectivity index (χ0v) is 14.3. The minimum atomic E-state index is -0.235. The Labute approximate surface area is 143 Å². The summed E-state index contributed by atoms with van der Waals surface area (Å²) in [5.74, 6) is 1.02. The molecule has 0 atom stereocenters. The number of benzene rings is 1. The molecule has 1 aromatic carbocycles. The Morgan fingerprint density at radius 2 is 2.00 bits per heavy atom. The standard InChI is InChI=1S/C18H27N3O3/c1-2-24-16-10-8-15(9-11-16)20-18(23)19-12-6-14-21-13-5-3-4-7-17(21)22/h8-11H,2-7,12-14H2,1H3,(H2,19,20,23). The second kappa shape index (κ2) is 9.80. The first-order chi connectivity index (χ1) is 11.7. The minimum absolute atomic E-state index is 0.235. The van der Waals surface area contributed by atoms with Crippen LogP contribution in [0.5, 0.6) is 5.75 Å². The molecule has 6 heteroatoms. The molecule has 0 spiro atoms. The van der Waals surface area contributed by atoms with Crippen molar-refractivity contribution >= 4 is 17.6 Å². The van der Waals surface area contributed by atoms with Crippen LogP contribution in [-0.4, -0.2) is 43.1 Å². The smallest absolute Gasteiger partial charge is 0.319 e. The van der Waals surface area contributed by atoms with Crippen LogP contribution in [0.25, 0.3) is 0 Å². The van der Waals surface area contributed by atoms with Gasteiger partial charge in [-0.2, -0.15) is 0 Å². The lowest BCUT2D eigenvalue weighted by Crippen LogP contribution is -2.35. The predicted molar refractivity (Wildman–Crippen MR) is 94.3 cm³/mol. The zero-order chi connectivity index (χ0) is 17.2. The van der Waals surface area contributed by atoms with Crippen molar-refractivity contribution in [1.29, 1.82) is 0 Å². The van der Waals surface area contributed by atoms with Gasteiger partial charge in [-0.1, -0.05) is 6.42 Å². The summed E-state index contributed by atoms with van der Waals surface area (Å²) < 4.78 is 5.36. The summed E-state index contributed by atoms with van der Waals surface area (Å²) in [6.45, 7) is 4.65. The number of nitrogens with zero attached hydrogens (tertiary/aromatic N) is 1. The maximum atomic E-state index is 11.9. The Morgan fingerprint density at radius 1 is 1.21 bits per heavy atom. The highest BCUT2D eigenvalue weighted by molar-refractivity contribution is 5.89. The number of amides is 3. The Bertz CT molecular complexity index is 531. The van der Waals surface area contributed by atoms with Crippen molar-refractivity contribution < 1.29 is 14.3 Å². The molecule has 1 saturated heterocycles. The van der Waals surface area contributed by atoms with Gasteiger partial charge in [-0.25, -0.2) is 4.79 Å². The molecule has 1 aliphatic rings. The lowest BCUT2D eigenvalue weighted by Gasteiger charge is -2.20. The van der Waals surface area contributed by atoms with Gasteiger partial charge in [-0.15, -0.1) is 0 Å². The Kier molecular flexibility index (Phi) is 7.39. The first-order valence-electron chi connectivity index (χ1n) is 8.74. The molecule has 3 amide bonds. The van der Waals surface area contributed by atoms with E-state index >= 15 is 0 Å². The zero-order valence-electron chi connectivity index (χ0n) is 14.3. The summed E-state index contributed by atoms with van der Waals surface area (Å²) >= 11 is 0. The molecule has 1 heterocycles. The normalized spacial score (nSPS) is 14.9. The van der Waals surface area contributed by atoms with E-state index in [1.54, 1.807) is 12.1 Å². The number of hydrogen-bond donors (Lipinski definition) is 2. The maximum Gasteiger partial charge on any atom is 0.319 e. The molecule has 6 nitrogen and oxygen atoms in total. The quantitative estimate of drug-likeness (QED) is 0.754. The van der Waals surface area contributed by atoms with Crippen LogP contribution in [0.4, 0.5) is 10.5 Å². The molecular weight excluding hydrogens is 306 g/mol. The van der Waals surface area contributed by atoms with Crippen LogP contribution in [0.1, 0.15) is 39.0 Å². The Balaban J connectivity index is 1.64. The molecular formula is C18H27N3O3. The fourth-order valence-corrected chi connectivity index (χ4v) is 2.72. The molecule has 2 N–H and O–H groups in total. The number of urea groups is 1. The van der Waals surface area contributed by atoms with E-state index in [9.17, 15) is 9.59 Å². The van der Waals surface area contributed by atoms with E-state index in [0.717, 1.165) is 43.7 Å². The van der Waals surface area contributed by atoms with E-state index in [-0.39, 0.29) is 11.9 Å². The number of ether oxygens (including phenoxy) is 1. The van der Waals surface area contributed by atoms with Crippen LogP contribution in [0.15, 0.2) is 24.3 Å². The van der Waals surface area contributed by atoms with Crippen molar-refractivity contribution in [2.45, 2.75) is 39.0 Å². The van der Waals surface area contributed by atoms with E-state index < -0.39 is 0 Å². The predicted octanol–water partition coefficient (Wildman–Crippen LogP) is 3.00. The number of likely N-dealkylation sites (tertiary alicyclic amines) is 1. The summed E-state index contributed by atoms with van der Waals surface area (Å²) in [6.07, 6.45) is 4.63. The monoisotopic (exact) mass is 333 g/mol. The second-order valence-corrected chi connectivity index (χ2v) is 5.88. The topological polar surface area (TPSA) is 70.7 Å². The fraction of sp³-hybridized carbons (Fsp3) is 0.556. The highest BCUT2D eigenvalue weighted by Crippen LogP contribution is 2.15. The molecule has 0 radical (unpaired) electrons. The average molecular weight is 333 g/mol. The molecule has 1 fully saturated rings. The van der Waals surface area contributed by atoms with Gasteiger partial charge in [0.1, 0.15) is 5.75 Å². The van der Waals surface area contributed by atoms with E-state index in [1.807, 2.05) is 24.0 Å². The average Bonchev–Trinajstić information content (AvgIpc) is 2.78. The summed E-state index contributed by atoms with van der Waals surface area (Å²) in [7, 11) is 0. The largest absolute Gasteiger partial charge is 0.494 e. The molecule has 1 aromatic rings. The lowest BCUT2D eigenvalue weighted by molar-refractivity contribution is -0.130. The molecule has 1 aliphatic heterocycles. The van der Waals surface area contributed by atoms with E-state index in [0.29, 0.717) is 26.1 Å². The van der Waals surface area contributed by atoms with Crippen LogP contribution in [0.2, 0.25) is 0 Å². The summed E-state index contributed by atoms with van der Waals surface area (Å²) in [5, 5.41) is 5.60. The fourth-order valence-electron chi connectivity index (χ4n) is 2.72. The van der Waals surface area contributed by atoms with Gasteiger partial charge in [0.05, 0.1) is 6.61 Å². The van der Waals surface area contributed by atoms with Crippen LogP contribution in [0, 0.1) is 0 Å². The summed E-state index contributed by atoms with van der Waals surface area (Å²) in [6, 6.07) is 7.02. The molecule has 132 valence electrons. The van der Waals surface area contributed by atoms with Crippen LogP contribution in [-0.2, 0) is 4.79 Å². The number of carbonyl (C=O) groups is 2. The van der Waals surface area contributed by atoms with Crippen molar-refractivity contribution in [3.63, 3.8) is 0 Å². The van der Waals surface area contributed by atoms with Crippen molar-refractivity contribution in [3.05, 3.63) is 24.3 Å². The summed E-state index contributed by atoms with van der Waals surface area (Å²) in [4.78, 5) is 25.6. The van der Waals surface area contributed by atoms with Gasteiger partial charge < -0.3 is 20.3 Å². The molecule has 0 aliphatic carbocycles. The minimum Gasteiger partial charge on any atom is -0.494 e. The van der Waals surface area contributed by atoms with Crippen molar-refractivity contribution in [1.82, 2.24) is 10.2 Å². The third-order valence-corrected chi connectivity index (χ3v) is 3.98. The molecule has 24 heavy (non-hydrogen) atoms. The van der Waals surface area contributed by atoms with Crippen LogP contribution in [0.3, 0.4) is 0 Å². The van der Waals surface area contributed by atoms with Crippen LogP contribution < -0.4 is 15.4 Å². The van der Waals surface area contributed by atoms with Gasteiger partial charge in [-0.3, -0.25) is 4.79 Å². The van der Waals surface area contributed by atoms with Crippen molar-refractivity contribution in [2.24, 2.45) is 0 Å². The van der Waals surface area contributed by atoms with Crippen molar-refractivity contribution in [2.75, 3.05) is 31.6 Å². The third-order valence-electron chi connectivity index (χ3n) is 3.98. The molecule has 2 rings (SSSR count). The summed E-state index contributed by atoms with van der Waals surface area (Å²) in [5.41, 5.74) is 0.721. The van der Waals surface area contributed by atoms with Gasteiger partial charge in [-0.05, 0) is 50.5 Å². The van der Waals surface area contributed by atoms with Gasteiger partial charge in [0.15, 0.2) is 0 Å². The van der Waals surface area contributed by atoms with E-state index in [1.165, 1.54) is 0 Å². The number of rotatable bonds is 7. The number of hydrogen-bond acceptors (Lipinski definition) is 3. The number of anilines is 1. The van der Waals surface area contributed by atoms with Crippen molar-refractivity contribution in [3.8, 4) is 5.75 Å². The van der Waals surface area contributed by atoms with Gasteiger partial charge in [0.2, 0.25) is 5.91 Å². The number of nitrogens with one attached hydrogen (secondary N) is 2. The molecule has 0 saturated carbocycles. The Morgan fingerprint density at radius 3 is 2.75 bits per heavy atom. The van der Waals surface area contributed by atoms with Gasteiger partial charge >= 0.3 is 6.03 Å². The SMILES string of the molecule is CCOc1ccc(NC(=O)NCCCN2CCCCCC2=O)cc1. The van der Waals surface area contributed by atoms with Gasteiger partial charge in [0.25, 0.3) is 0 Å². The second-order valence-electron chi connectivity index (χ2n) is 5.88. The molecule has 0 unspecified atom stereocenters. The van der Waals surface area contributed by atoms with Gasteiger partial charge in [0, 0.05) is 31.7 Å². The van der Waals surface area contributed by atoms with E-state index in [2.05, 4.69) is 10.6 Å². The highest BCUT2D eigenvalue weighted by atomic mass is 16.5. The first-order valence-corrected chi connectivity index (χ1v) is 8.74. The third kappa shape index (κ3) is 6.10. The van der Waals surface area contributed by atoms with E-state index in [4.69, 9.17) is 4.74 Å². The number of carbonyl (C=O) groups excluding carboxylic acids is 2.